The summed E-state index contributed by atoms with van der Waals surface area (Å²) in [5, 5.41) is 21.6. The third-order valence-electron chi connectivity index (χ3n) is 3.71. The molecule has 6 N–H and O–H groups in total. The first-order valence-electron chi connectivity index (χ1n) is 7.45. The molecule has 1 amide bonds. The van der Waals surface area contributed by atoms with Crippen molar-refractivity contribution in [1.82, 2.24) is 10.3 Å². The van der Waals surface area contributed by atoms with E-state index in [1.165, 1.54) is 0 Å². The molecule has 1 heterocycles. The van der Waals surface area contributed by atoms with Crippen LogP contribution in [-0.4, -0.2) is 45.8 Å². The van der Waals surface area contributed by atoms with E-state index in [0.29, 0.717) is 6.42 Å². The lowest BCUT2D eigenvalue weighted by atomic mass is 10.0. The number of H-pyrrole nitrogens is 1. The molecule has 0 saturated carbocycles. The number of hydrogen-bond donors (Lipinski definition) is 5. The molecule has 0 fully saturated rings. The zero-order chi connectivity index (χ0) is 16.8. The first-order valence-corrected chi connectivity index (χ1v) is 7.45. The SMILES string of the molecule is N[C@@H](CO)CCC(=O)N[C@H](Cc1c[nH]c2ccccc12)C(=O)O. The van der Waals surface area contributed by atoms with Crippen LogP contribution in [0.5, 0.6) is 0 Å². The van der Waals surface area contributed by atoms with Crippen LogP contribution in [0.1, 0.15) is 18.4 Å². The monoisotopic (exact) mass is 319 g/mol. The predicted molar refractivity (Wildman–Crippen MR) is 85.9 cm³/mol. The average Bonchev–Trinajstić information content (AvgIpc) is 2.95. The molecule has 2 aromatic rings. The third kappa shape index (κ3) is 4.54. The van der Waals surface area contributed by atoms with Gasteiger partial charge in [-0.1, -0.05) is 18.2 Å². The topological polar surface area (TPSA) is 128 Å². The van der Waals surface area contributed by atoms with E-state index in [1.807, 2.05) is 24.3 Å². The fourth-order valence-corrected chi connectivity index (χ4v) is 2.39. The number of nitrogens with two attached hydrogens (primary N) is 1. The Morgan fingerprint density at radius 1 is 1.30 bits per heavy atom. The molecule has 0 aliphatic rings. The first-order chi connectivity index (χ1) is 11.0. The highest BCUT2D eigenvalue weighted by atomic mass is 16.4. The van der Waals surface area contributed by atoms with Crippen LogP contribution >= 0.6 is 0 Å². The number of carbonyl (C=O) groups excluding carboxylic acids is 1. The van der Waals surface area contributed by atoms with Gasteiger partial charge in [-0.15, -0.1) is 0 Å². The minimum absolute atomic E-state index is 0.0827. The van der Waals surface area contributed by atoms with E-state index in [1.54, 1.807) is 6.20 Å². The Morgan fingerprint density at radius 2 is 2.04 bits per heavy atom. The molecule has 0 saturated heterocycles. The van der Waals surface area contributed by atoms with Gasteiger partial charge in [0.25, 0.3) is 0 Å². The van der Waals surface area contributed by atoms with Crippen molar-refractivity contribution in [3.63, 3.8) is 0 Å². The predicted octanol–water partition coefficient (Wildman–Crippen LogP) is 0.380. The van der Waals surface area contributed by atoms with Crippen LogP contribution in [0.4, 0.5) is 0 Å². The number of para-hydroxylation sites is 1. The summed E-state index contributed by atoms with van der Waals surface area (Å²) in [5.74, 6) is -1.48. The van der Waals surface area contributed by atoms with E-state index in [9.17, 15) is 14.7 Å². The minimum Gasteiger partial charge on any atom is -0.480 e. The van der Waals surface area contributed by atoms with E-state index >= 15 is 0 Å². The maximum absolute atomic E-state index is 11.9. The molecule has 7 nitrogen and oxygen atoms in total. The van der Waals surface area contributed by atoms with Crippen LogP contribution < -0.4 is 11.1 Å². The smallest absolute Gasteiger partial charge is 0.326 e. The molecule has 7 heteroatoms. The summed E-state index contributed by atoms with van der Waals surface area (Å²) in [6, 6.07) is 6.10. The fourth-order valence-electron chi connectivity index (χ4n) is 2.39. The number of carboxylic acid groups (broad SMARTS) is 1. The molecule has 0 bridgehead atoms. The zero-order valence-corrected chi connectivity index (χ0v) is 12.7. The summed E-state index contributed by atoms with van der Waals surface area (Å²) in [6.07, 6.45) is 2.34. The molecule has 2 rings (SSSR count). The molecular formula is C16H21N3O4. The van der Waals surface area contributed by atoms with Crippen molar-refractivity contribution in [3.05, 3.63) is 36.0 Å². The molecule has 2 atom stereocenters. The summed E-state index contributed by atoms with van der Waals surface area (Å²) in [6.45, 7) is -0.203. The van der Waals surface area contributed by atoms with E-state index in [-0.39, 0.29) is 25.4 Å². The molecule has 0 spiro atoms. The number of nitrogens with one attached hydrogen (secondary N) is 2. The largest absolute Gasteiger partial charge is 0.480 e. The Kier molecular flexibility index (Phi) is 5.72. The van der Waals surface area contributed by atoms with Crippen LogP contribution in [0.3, 0.4) is 0 Å². The van der Waals surface area contributed by atoms with Crippen molar-refractivity contribution in [2.45, 2.75) is 31.3 Å². The summed E-state index contributed by atoms with van der Waals surface area (Å²) in [7, 11) is 0. The van der Waals surface area contributed by atoms with E-state index in [0.717, 1.165) is 16.5 Å². The molecule has 0 unspecified atom stereocenters. The second kappa shape index (κ2) is 7.75. The number of carbonyl (C=O) groups is 2. The minimum atomic E-state index is -1.09. The number of rotatable bonds is 8. The molecular weight excluding hydrogens is 298 g/mol. The Bertz CT molecular complexity index is 683. The number of aromatic nitrogens is 1. The third-order valence-corrected chi connectivity index (χ3v) is 3.71. The normalized spacial score (nSPS) is 13.7. The summed E-state index contributed by atoms with van der Waals surface area (Å²) >= 11 is 0. The number of aliphatic hydroxyl groups is 1. The Labute approximate surface area is 133 Å². The number of aliphatic carboxylic acids is 1. The van der Waals surface area contributed by atoms with Gasteiger partial charge in [0.05, 0.1) is 6.61 Å². The lowest BCUT2D eigenvalue weighted by molar-refractivity contribution is -0.141. The number of fused-ring (bicyclic) bond motifs is 1. The summed E-state index contributed by atoms with van der Waals surface area (Å²) in [5.41, 5.74) is 7.29. The van der Waals surface area contributed by atoms with Gasteiger partial charge in [-0.3, -0.25) is 4.79 Å². The van der Waals surface area contributed by atoms with Gasteiger partial charge in [-0.25, -0.2) is 4.79 Å². The molecule has 0 aliphatic carbocycles. The quantitative estimate of drug-likeness (QED) is 0.480. The van der Waals surface area contributed by atoms with Crippen LogP contribution in [0.2, 0.25) is 0 Å². The maximum atomic E-state index is 11.9. The number of aromatic amines is 1. The highest BCUT2D eigenvalue weighted by molar-refractivity contribution is 5.86. The van der Waals surface area contributed by atoms with Crippen LogP contribution in [0.25, 0.3) is 10.9 Å². The van der Waals surface area contributed by atoms with Crippen molar-refractivity contribution in [3.8, 4) is 0 Å². The number of benzene rings is 1. The van der Waals surface area contributed by atoms with Crippen LogP contribution in [0.15, 0.2) is 30.5 Å². The van der Waals surface area contributed by atoms with Crippen molar-refractivity contribution < 1.29 is 19.8 Å². The van der Waals surface area contributed by atoms with E-state index in [4.69, 9.17) is 10.8 Å². The number of amides is 1. The number of aliphatic hydroxyl groups excluding tert-OH is 1. The molecule has 23 heavy (non-hydrogen) atoms. The van der Waals surface area contributed by atoms with Crippen molar-refractivity contribution >= 4 is 22.8 Å². The Hall–Kier alpha value is -2.38. The summed E-state index contributed by atoms with van der Waals surface area (Å²) in [4.78, 5) is 26.3. The van der Waals surface area contributed by atoms with Crippen molar-refractivity contribution in [2.75, 3.05) is 6.61 Å². The first kappa shape index (κ1) is 17.0. The highest BCUT2D eigenvalue weighted by Crippen LogP contribution is 2.19. The molecule has 0 radical (unpaired) electrons. The van der Waals surface area contributed by atoms with Crippen LogP contribution in [0, 0.1) is 0 Å². The second-order valence-electron chi connectivity index (χ2n) is 5.50. The number of carboxylic acids is 1. The second-order valence-corrected chi connectivity index (χ2v) is 5.50. The van der Waals surface area contributed by atoms with Crippen molar-refractivity contribution in [2.24, 2.45) is 5.73 Å². The zero-order valence-electron chi connectivity index (χ0n) is 12.7. The van der Waals surface area contributed by atoms with Gasteiger partial charge in [0.15, 0.2) is 0 Å². The van der Waals surface area contributed by atoms with Gasteiger partial charge in [0.2, 0.25) is 5.91 Å². The fraction of sp³-hybridized carbons (Fsp3) is 0.375. The van der Waals surface area contributed by atoms with E-state index in [2.05, 4.69) is 10.3 Å². The van der Waals surface area contributed by atoms with Gasteiger partial charge in [-0.05, 0) is 18.1 Å². The van der Waals surface area contributed by atoms with Gasteiger partial charge in [0.1, 0.15) is 6.04 Å². The Morgan fingerprint density at radius 3 is 2.74 bits per heavy atom. The molecule has 0 aliphatic heterocycles. The van der Waals surface area contributed by atoms with E-state index < -0.39 is 18.1 Å². The van der Waals surface area contributed by atoms with Crippen molar-refractivity contribution in [1.29, 1.82) is 0 Å². The standard InChI is InChI=1S/C16H21N3O4/c17-11(9-20)5-6-15(21)19-14(16(22)23)7-10-8-18-13-4-2-1-3-12(10)13/h1-4,8,11,14,18,20H,5-7,9,17H2,(H,19,21)(H,22,23)/t11-,14-/m1/s1. The maximum Gasteiger partial charge on any atom is 0.326 e. The van der Waals surface area contributed by atoms with Gasteiger partial charge in [0, 0.05) is 36.0 Å². The Balaban J connectivity index is 2.01. The summed E-state index contributed by atoms with van der Waals surface area (Å²) < 4.78 is 0. The molecule has 1 aromatic carbocycles. The molecule has 1 aromatic heterocycles. The number of hydrogen-bond acceptors (Lipinski definition) is 4. The lowest BCUT2D eigenvalue weighted by Crippen LogP contribution is -2.42. The average molecular weight is 319 g/mol. The van der Waals surface area contributed by atoms with Gasteiger partial charge >= 0.3 is 5.97 Å². The lowest BCUT2D eigenvalue weighted by Gasteiger charge is -2.15. The highest BCUT2D eigenvalue weighted by Gasteiger charge is 2.22. The van der Waals surface area contributed by atoms with Gasteiger partial charge in [-0.2, -0.15) is 0 Å². The molecule has 124 valence electrons. The van der Waals surface area contributed by atoms with Crippen LogP contribution in [-0.2, 0) is 16.0 Å². The van der Waals surface area contributed by atoms with Gasteiger partial charge < -0.3 is 26.2 Å².